The van der Waals surface area contributed by atoms with Crippen LogP contribution < -0.4 is 0 Å². The zero-order chi connectivity index (χ0) is 16.7. The Hall–Kier alpha value is -0.510. The number of likely N-dealkylation sites (tertiary alicyclic amines) is 1. The highest BCUT2D eigenvalue weighted by Crippen LogP contribution is 2.25. The van der Waals surface area contributed by atoms with Crippen LogP contribution in [-0.4, -0.2) is 36.1 Å². The fraction of sp³-hybridized carbons (Fsp3) is 0.650. The summed E-state index contributed by atoms with van der Waals surface area (Å²) in [7, 11) is 0. The molecule has 0 N–H and O–H groups in total. The molecule has 2 rings (SSSR count). The van der Waals surface area contributed by atoms with Crippen molar-refractivity contribution < 1.29 is 4.79 Å². The van der Waals surface area contributed by atoms with Gasteiger partial charge in [0.25, 0.3) is 0 Å². The molecule has 136 valence electrons. The number of thioether (sulfide) groups is 1. The molecule has 1 fully saturated rings. The van der Waals surface area contributed by atoms with Gasteiger partial charge in [0.15, 0.2) is 5.78 Å². The SMILES string of the molecule is Cc1cc(C(=O)CCN2CCCCC2)ccc1SCCC(C)C.Cl. The summed E-state index contributed by atoms with van der Waals surface area (Å²) in [4.78, 5) is 16.2. The Kier molecular flexibility index (Phi) is 10.0. The smallest absolute Gasteiger partial charge is 0.164 e. The Morgan fingerprint density at radius 3 is 2.54 bits per heavy atom. The van der Waals surface area contributed by atoms with Crippen LogP contribution >= 0.6 is 24.2 Å². The lowest BCUT2D eigenvalue weighted by Crippen LogP contribution is -2.31. The van der Waals surface area contributed by atoms with E-state index in [1.54, 1.807) is 0 Å². The van der Waals surface area contributed by atoms with Crippen LogP contribution in [0.2, 0.25) is 0 Å². The van der Waals surface area contributed by atoms with Crippen molar-refractivity contribution in [3.8, 4) is 0 Å². The van der Waals surface area contributed by atoms with Crippen LogP contribution in [0.4, 0.5) is 0 Å². The molecule has 0 radical (unpaired) electrons. The van der Waals surface area contributed by atoms with E-state index in [4.69, 9.17) is 0 Å². The van der Waals surface area contributed by atoms with Crippen molar-refractivity contribution in [1.82, 2.24) is 4.90 Å². The number of ketones is 1. The van der Waals surface area contributed by atoms with Crippen LogP contribution in [0.1, 0.15) is 61.9 Å². The first-order valence-electron chi connectivity index (χ1n) is 9.05. The molecule has 1 saturated heterocycles. The standard InChI is InChI=1S/C20H31NOS.ClH/c1-16(2)10-14-23-20-8-7-18(15-17(20)3)19(22)9-13-21-11-5-4-6-12-21;/h7-8,15-16H,4-6,9-14H2,1-3H3;1H. The molecular weight excluding hydrogens is 338 g/mol. The number of rotatable bonds is 8. The largest absolute Gasteiger partial charge is 0.303 e. The third-order valence-electron chi connectivity index (χ3n) is 4.55. The van der Waals surface area contributed by atoms with Crippen molar-refractivity contribution in [2.75, 3.05) is 25.4 Å². The van der Waals surface area contributed by atoms with Gasteiger partial charge in [-0.05, 0) is 68.6 Å². The van der Waals surface area contributed by atoms with Gasteiger partial charge in [0.1, 0.15) is 0 Å². The molecule has 1 aromatic rings. The van der Waals surface area contributed by atoms with Crippen LogP contribution in [0.5, 0.6) is 0 Å². The molecule has 1 aromatic carbocycles. The van der Waals surface area contributed by atoms with E-state index in [1.165, 1.54) is 36.1 Å². The molecule has 0 aliphatic carbocycles. The Bertz CT molecular complexity index is 512. The van der Waals surface area contributed by atoms with E-state index < -0.39 is 0 Å². The highest BCUT2D eigenvalue weighted by atomic mass is 35.5. The molecular formula is C20H32ClNOS. The van der Waals surface area contributed by atoms with Gasteiger partial charge in [0.2, 0.25) is 0 Å². The van der Waals surface area contributed by atoms with Crippen LogP contribution in [0.25, 0.3) is 0 Å². The van der Waals surface area contributed by atoms with Gasteiger partial charge in [-0.3, -0.25) is 4.79 Å². The molecule has 0 saturated carbocycles. The molecule has 1 aliphatic heterocycles. The lowest BCUT2D eigenvalue weighted by Gasteiger charge is -2.25. The molecule has 4 heteroatoms. The average Bonchev–Trinajstić information content (AvgIpc) is 2.54. The second-order valence-corrected chi connectivity index (χ2v) is 8.22. The average molecular weight is 370 g/mol. The monoisotopic (exact) mass is 369 g/mol. The molecule has 1 heterocycles. The van der Waals surface area contributed by atoms with E-state index in [9.17, 15) is 4.79 Å². The Morgan fingerprint density at radius 1 is 1.21 bits per heavy atom. The van der Waals surface area contributed by atoms with Crippen LogP contribution in [0.3, 0.4) is 0 Å². The number of hydrogen-bond donors (Lipinski definition) is 0. The van der Waals surface area contributed by atoms with Gasteiger partial charge in [-0.15, -0.1) is 24.2 Å². The normalized spacial score (nSPS) is 15.3. The maximum Gasteiger partial charge on any atom is 0.164 e. The van der Waals surface area contributed by atoms with E-state index in [2.05, 4.69) is 37.8 Å². The van der Waals surface area contributed by atoms with Gasteiger partial charge < -0.3 is 4.90 Å². The molecule has 2 nitrogen and oxygen atoms in total. The van der Waals surface area contributed by atoms with Gasteiger partial charge in [0.05, 0.1) is 0 Å². The van der Waals surface area contributed by atoms with Crippen LogP contribution in [0, 0.1) is 12.8 Å². The first-order chi connectivity index (χ1) is 11.1. The van der Waals surface area contributed by atoms with E-state index >= 15 is 0 Å². The number of carbonyl (C=O) groups is 1. The number of Topliss-reactive ketones (excluding diaryl/α,β-unsaturated/α-hetero) is 1. The Balaban J connectivity index is 0.00000288. The summed E-state index contributed by atoms with van der Waals surface area (Å²) in [5, 5.41) is 0. The molecule has 0 aromatic heterocycles. The van der Waals surface area contributed by atoms with Gasteiger partial charge in [-0.25, -0.2) is 0 Å². The zero-order valence-electron chi connectivity index (χ0n) is 15.3. The highest BCUT2D eigenvalue weighted by Gasteiger charge is 2.13. The summed E-state index contributed by atoms with van der Waals surface area (Å²) in [6, 6.07) is 6.23. The predicted octanol–water partition coefficient (Wildman–Crippen LogP) is 5.61. The molecule has 0 spiro atoms. The zero-order valence-corrected chi connectivity index (χ0v) is 17.0. The summed E-state index contributed by atoms with van der Waals surface area (Å²) in [6.45, 7) is 9.90. The maximum atomic E-state index is 12.4. The second-order valence-electron chi connectivity index (χ2n) is 7.09. The molecule has 0 bridgehead atoms. The van der Waals surface area contributed by atoms with Crippen LogP contribution in [0.15, 0.2) is 23.1 Å². The van der Waals surface area contributed by atoms with Crippen molar-refractivity contribution in [1.29, 1.82) is 0 Å². The number of halogens is 1. The minimum Gasteiger partial charge on any atom is -0.303 e. The number of piperidine rings is 1. The van der Waals surface area contributed by atoms with E-state index in [-0.39, 0.29) is 18.2 Å². The predicted molar refractivity (Wildman–Crippen MR) is 108 cm³/mol. The summed E-state index contributed by atoms with van der Waals surface area (Å²) in [5.74, 6) is 2.19. The number of nitrogens with zero attached hydrogens (tertiary/aromatic N) is 1. The molecule has 0 atom stereocenters. The number of benzene rings is 1. The fourth-order valence-electron chi connectivity index (χ4n) is 2.98. The van der Waals surface area contributed by atoms with Gasteiger partial charge in [-0.1, -0.05) is 26.3 Å². The first-order valence-corrected chi connectivity index (χ1v) is 10.0. The third-order valence-corrected chi connectivity index (χ3v) is 5.76. The fourth-order valence-corrected chi connectivity index (χ4v) is 4.24. The number of carbonyl (C=O) groups excluding carboxylic acids is 1. The third kappa shape index (κ3) is 7.16. The minimum atomic E-state index is 0. The topological polar surface area (TPSA) is 20.3 Å². The van der Waals surface area contributed by atoms with E-state index in [0.717, 1.165) is 36.9 Å². The van der Waals surface area contributed by atoms with E-state index in [1.807, 2.05) is 17.8 Å². The first kappa shape index (κ1) is 21.5. The summed E-state index contributed by atoms with van der Waals surface area (Å²) < 4.78 is 0. The van der Waals surface area contributed by atoms with Gasteiger partial charge in [-0.2, -0.15) is 0 Å². The van der Waals surface area contributed by atoms with Gasteiger partial charge >= 0.3 is 0 Å². The Morgan fingerprint density at radius 2 is 1.92 bits per heavy atom. The highest BCUT2D eigenvalue weighted by molar-refractivity contribution is 7.99. The lowest BCUT2D eigenvalue weighted by molar-refractivity contribution is 0.0958. The number of hydrogen-bond acceptors (Lipinski definition) is 3. The summed E-state index contributed by atoms with van der Waals surface area (Å²) >= 11 is 1.91. The van der Waals surface area contributed by atoms with E-state index in [0.29, 0.717) is 6.42 Å². The summed E-state index contributed by atoms with van der Waals surface area (Å²) in [6.07, 6.45) is 5.81. The van der Waals surface area contributed by atoms with Crippen molar-refractivity contribution in [2.24, 2.45) is 5.92 Å². The van der Waals surface area contributed by atoms with Crippen molar-refractivity contribution >= 4 is 30.0 Å². The molecule has 0 unspecified atom stereocenters. The van der Waals surface area contributed by atoms with Gasteiger partial charge in [0, 0.05) is 23.4 Å². The lowest BCUT2D eigenvalue weighted by atomic mass is 10.0. The summed E-state index contributed by atoms with van der Waals surface area (Å²) in [5.41, 5.74) is 2.12. The van der Waals surface area contributed by atoms with Crippen molar-refractivity contribution in [2.45, 2.75) is 57.8 Å². The minimum absolute atomic E-state index is 0. The number of aryl methyl sites for hydroxylation is 1. The Labute approximate surface area is 158 Å². The molecule has 24 heavy (non-hydrogen) atoms. The molecule has 1 aliphatic rings. The quantitative estimate of drug-likeness (QED) is 0.438. The van der Waals surface area contributed by atoms with Crippen molar-refractivity contribution in [3.05, 3.63) is 29.3 Å². The maximum absolute atomic E-state index is 12.4. The molecule has 0 amide bonds. The van der Waals surface area contributed by atoms with Crippen molar-refractivity contribution in [3.63, 3.8) is 0 Å². The van der Waals surface area contributed by atoms with Crippen LogP contribution in [-0.2, 0) is 0 Å². The second kappa shape index (κ2) is 11.2.